The average molecular weight is 314 g/mol. The summed E-state index contributed by atoms with van der Waals surface area (Å²) < 4.78 is 1.66. The van der Waals surface area contributed by atoms with Gasteiger partial charge in [-0.1, -0.05) is 17.3 Å². The number of carbonyl (C=O) groups is 1. The normalized spacial score (nSPS) is 10.8. The van der Waals surface area contributed by atoms with Gasteiger partial charge in [0.1, 0.15) is 5.69 Å². The second kappa shape index (κ2) is 6.08. The Morgan fingerprint density at radius 1 is 1.32 bits per heavy atom. The molecule has 0 saturated heterocycles. The van der Waals surface area contributed by atoms with Crippen molar-refractivity contribution >= 4 is 17.3 Å². The second-order valence-corrected chi connectivity index (χ2v) is 5.74. The van der Waals surface area contributed by atoms with Crippen LogP contribution in [-0.2, 0) is 13.0 Å². The number of benzene rings is 1. The number of nitrogens with zero attached hydrogens (tertiary/aromatic N) is 3. The minimum atomic E-state index is -0.971. The third-order valence-electron chi connectivity index (χ3n) is 3.30. The molecule has 6 nitrogen and oxygen atoms in total. The number of aromatic carboxylic acids is 1. The highest BCUT2D eigenvalue weighted by atomic mass is 32.1. The van der Waals surface area contributed by atoms with Crippen LogP contribution >= 0.6 is 11.3 Å². The molecule has 0 fully saturated rings. The van der Waals surface area contributed by atoms with Gasteiger partial charge in [0.25, 0.3) is 0 Å². The molecule has 0 saturated carbocycles. The summed E-state index contributed by atoms with van der Waals surface area (Å²) >= 11 is 1.65. The van der Waals surface area contributed by atoms with Crippen LogP contribution in [-0.4, -0.2) is 26.1 Å². The quantitative estimate of drug-likeness (QED) is 0.752. The van der Waals surface area contributed by atoms with Crippen molar-refractivity contribution < 1.29 is 9.90 Å². The van der Waals surface area contributed by atoms with E-state index in [1.807, 2.05) is 17.5 Å². The summed E-state index contributed by atoms with van der Waals surface area (Å²) in [6, 6.07) is 10.6. The minimum absolute atomic E-state index is 0.212. The Kier molecular flexibility index (Phi) is 3.99. The molecule has 0 spiro atoms. The van der Waals surface area contributed by atoms with Gasteiger partial charge in [-0.3, -0.25) is 0 Å². The van der Waals surface area contributed by atoms with Crippen LogP contribution in [0.4, 0.5) is 0 Å². The van der Waals surface area contributed by atoms with Gasteiger partial charge in [-0.25, -0.2) is 9.48 Å². The van der Waals surface area contributed by atoms with E-state index in [1.165, 1.54) is 4.88 Å². The van der Waals surface area contributed by atoms with Crippen molar-refractivity contribution in [2.75, 3.05) is 0 Å². The molecule has 0 radical (unpaired) electrons. The standard InChI is InChI=1S/C15H14N4O2S/c16-9-13-14(8-12-5-2-6-22-12)19(18-17-13)11-4-1-3-10(7-11)15(20)21/h1-7H,8-9,16H2,(H,20,21). The number of thiophene rings is 1. The Hall–Kier alpha value is -2.51. The molecule has 2 heterocycles. The Morgan fingerprint density at radius 3 is 2.86 bits per heavy atom. The van der Waals surface area contributed by atoms with Crippen LogP contribution in [0.5, 0.6) is 0 Å². The molecule has 0 bridgehead atoms. The molecule has 2 aromatic heterocycles. The van der Waals surface area contributed by atoms with E-state index < -0.39 is 5.97 Å². The molecule has 7 heteroatoms. The van der Waals surface area contributed by atoms with Gasteiger partial charge in [0.2, 0.25) is 0 Å². The zero-order valence-corrected chi connectivity index (χ0v) is 12.5. The maximum Gasteiger partial charge on any atom is 0.335 e. The van der Waals surface area contributed by atoms with Crippen molar-refractivity contribution in [1.82, 2.24) is 15.0 Å². The zero-order chi connectivity index (χ0) is 15.5. The molecule has 0 aliphatic rings. The van der Waals surface area contributed by atoms with E-state index in [0.717, 1.165) is 5.69 Å². The summed E-state index contributed by atoms with van der Waals surface area (Å²) in [6.07, 6.45) is 0.661. The summed E-state index contributed by atoms with van der Waals surface area (Å²) in [5, 5.41) is 19.4. The molecule has 0 amide bonds. The van der Waals surface area contributed by atoms with Gasteiger partial charge in [-0.05, 0) is 29.6 Å². The van der Waals surface area contributed by atoms with Crippen LogP contribution in [0.15, 0.2) is 41.8 Å². The first kappa shape index (κ1) is 14.4. The monoisotopic (exact) mass is 314 g/mol. The number of hydrogen-bond acceptors (Lipinski definition) is 5. The molecule has 0 atom stereocenters. The highest BCUT2D eigenvalue weighted by Gasteiger charge is 2.15. The fourth-order valence-corrected chi connectivity index (χ4v) is 2.93. The zero-order valence-electron chi connectivity index (χ0n) is 11.6. The van der Waals surface area contributed by atoms with Crippen molar-refractivity contribution in [1.29, 1.82) is 0 Å². The summed E-state index contributed by atoms with van der Waals surface area (Å²) in [5.41, 5.74) is 8.22. The van der Waals surface area contributed by atoms with Crippen molar-refractivity contribution in [2.45, 2.75) is 13.0 Å². The SMILES string of the molecule is NCc1nnn(-c2cccc(C(=O)O)c2)c1Cc1cccs1. The fourth-order valence-electron chi connectivity index (χ4n) is 2.22. The molecule has 0 aliphatic heterocycles. The molecular formula is C15H14N4O2S. The van der Waals surface area contributed by atoms with Crippen molar-refractivity contribution in [3.8, 4) is 5.69 Å². The molecule has 0 unspecified atom stereocenters. The predicted octanol–water partition coefficient (Wildman–Crippen LogP) is 2.08. The number of aromatic nitrogens is 3. The van der Waals surface area contributed by atoms with Gasteiger partial charge in [0.05, 0.1) is 16.9 Å². The second-order valence-electron chi connectivity index (χ2n) is 4.71. The number of nitrogens with two attached hydrogens (primary N) is 1. The van der Waals surface area contributed by atoms with Gasteiger partial charge in [0, 0.05) is 17.8 Å². The Bertz CT molecular complexity index is 796. The van der Waals surface area contributed by atoms with Crippen LogP contribution < -0.4 is 5.73 Å². The van der Waals surface area contributed by atoms with E-state index in [2.05, 4.69) is 10.3 Å². The van der Waals surface area contributed by atoms with Gasteiger partial charge in [-0.15, -0.1) is 16.4 Å². The Balaban J connectivity index is 2.05. The molecule has 3 N–H and O–H groups in total. The van der Waals surface area contributed by atoms with Crippen molar-refractivity contribution in [2.24, 2.45) is 5.73 Å². The Labute approximate surface area is 130 Å². The summed E-state index contributed by atoms with van der Waals surface area (Å²) in [5.74, 6) is -0.971. The maximum absolute atomic E-state index is 11.1. The van der Waals surface area contributed by atoms with E-state index >= 15 is 0 Å². The minimum Gasteiger partial charge on any atom is -0.478 e. The lowest BCUT2D eigenvalue weighted by Crippen LogP contribution is -2.07. The van der Waals surface area contributed by atoms with Gasteiger partial charge < -0.3 is 10.8 Å². The van der Waals surface area contributed by atoms with E-state index in [9.17, 15) is 4.79 Å². The van der Waals surface area contributed by atoms with Gasteiger partial charge in [0.15, 0.2) is 0 Å². The molecule has 1 aromatic carbocycles. The van der Waals surface area contributed by atoms with Gasteiger partial charge >= 0.3 is 5.97 Å². The van der Waals surface area contributed by atoms with Crippen LogP contribution in [0.1, 0.15) is 26.6 Å². The van der Waals surface area contributed by atoms with Gasteiger partial charge in [-0.2, -0.15) is 0 Å². The Morgan fingerprint density at radius 2 is 2.18 bits per heavy atom. The predicted molar refractivity (Wildman–Crippen MR) is 83.3 cm³/mol. The highest BCUT2D eigenvalue weighted by Crippen LogP contribution is 2.20. The molecule has 0 aliphatic carbocycles. The maximum atomic E-state index is 11.1. The molecule has 3 rings (SSSR count). The first-order valence-electron chi connectivity index (χ1n) is 6.68. The third-order valence-corrected chi connectivity index (χ3v) is 4.17. The van der Waals surface area contributed by atoms with Crippen LogP contribution in [0.2, 0.25) is 0 Å². The van der Waals surface area contributed by atoms with E-state index in [1.54, 1.807) is 40.3 Å². The first-order chi connectivity index (χ1) is 10.7. The number of carboxylic acid groups (broad SMARTS) is 1. The average Bonchev–Trinajstić information content (AvgIpc) is 3.17. The largest absolute Gasteiger partial charge is 0.478 e. The highest BCUT2D eigenvalue weighted by molar-refractivity contribution is 7.09. The molecule has 3 aromatic rings. The fraction of sp³-hybridized carbons (Fsp3) is 0.133. The lowest BCUT2D eigenvalue weighted by atomic mass is 10.1. The third kappa shape index (κ3) is 2.76. The molecule has 22 heavy (non-hydrogen) atoms. The first-order valence-corrected chi connectivity index (χ1v) is 7.56. The topological polar surface area (TPSA) is 94.0 Å². The number of carboxylic acids is 1. The van der Waals surface area contributed by atoms with Crippen LogP contribution in [0.25, 0.3) is 5.69 Å². The van der Waals surface area contributed by atoms with Crippen LogP contribution in [0, 0.1) is 0 Å². The van der Waals surface area contributed by atoms with E-state index in [-0.39, 0.29) is 5.56 Å². The molecular weight excluding hydrogens is 300 g/mol. The summed E-state index contributed by atoms with van der Waals surface area (Å²) in [7, 11) is 0. The molecule has 112 valence electrons. The van der Waals surface area contributed by atoms with Crippen molar-refractivity contribution in [3.63, 3.8) is 0 Å². The van der Waals surface area contributed by atoms with Crippen molar-refractivity contribution in [3.05, 3.63) is 63.6 Å². The summed E-state index contributed by atoms with van der Waals surface area (Å²) in [6.45, 7) is 0.291. The lowest BCUT2D eigenvalue weighted by Gasteiger charge is -2.07. The number of rotatable bonds is 5. The lowest BCUT2D eigenvalue weighted by molar-refractivity contribution is 0.0697. The van der Waals surface area contributed by atoms with E-state index in [0.29, 0.717) is 24.3 Å². The van der Waals surface area contributed by atoms with Crippen LogP contribution in [0.3, 0.4) is 0 Å². The van der Waals surface area contributed by atoms with E-state index in [4.69, 9.17) is 10.8 Å². The summed E-state index contributed by atoms with van der Waals surface area (Å²) in [4.78, 5) is 12.3. The number of hydrogen-bond donors (Lipinski definition) is 2. The smallest absolute Gasteiger partial charge is 0.335 e.